The number of ketones is 1. The van der Waals surface area contributed by atoms with Crippen molar-refractivity contribution in [1.29, 1.82) is 0 Å². The molecule has 3 fully saturated rings. The molecule has 45 heavy (non-hydrogen) atoms. The number of allylic oxidation sites excluding steroid dienone is 2. The molecule has 0 bridgehead atoms. The van der Waals surface area contributed by atoms with Gasteiger partial charge in [0.05, 0.1) is 0 Å². The maximum Gasteiger partial charge on any atom is -0.0465 e. The monoisotopic (exact) mass is 761 g/mol. The first-order chi connectivity index (χ1) is 21.7. The third kappa shape index (κ3) is 8.21. The molecule has 4 aliphatic rings. The van der Waals surface area contributed by atoms with Crippen LogP contribution in [0, 0.1) is 24.7 Å². The number of rotatable bonds is 11. The minimum absolute atomic E-state index is 0.00714. The van der Waals surface area contributed by atoms with E-state index in [1.54, 1.807) is 6.07 Å². The molecule has 6 rings (SSSR count). The van der Waals surface area contributed by atoms with Crippen LogP contribution in [0.25, 0.3) is 0 Å². The van der Waals surface area contributed by atoms with Crippen molar-refractivity contribution in [3.63, 3.8) is 0 Å². The number of benzene rings is 2. The summed E-state index contributed by atoms with van der Waals surface area (Å²) >= 11 is 11.7. The Labute approximate surface area is 284 Å². The number of carbonyl (C=O) groups is 3. The van der Waals surface area contributed by atoms with Crippen LogP contribution >= 0.6 is 43.0 Å². The average Bonchev–Trinajstić information content (AvgIpc) is 3.97. The van der Waals surface area contributed by atoms with Gasteiger partial charge in [0.15, 0.2) is 0 Å². The number of hydrogen-bond donors (Lipinski definition) is 1. The number of halogens is 3. The first-order valence-electron chi connectivity index (χ1n) is 16.0. The average molecular weight is 763 g/mol. The van der Waals surface area contributed by atoms with Crippen molar-refractivity contribution in [2.45, 2.75) is 45.2 Å². The number of amides is 2. The molecule has 0 aromatic heterocycles. The number of nitrogens with one attached hydrogen (secondary N) is 1. The summed E-state index contributed by atoms with van der Waals surface area (Å²) in [5.41, 5.74) is 3.36. The van der Waals surface area contributed by atoms with Crippen LogP contribution in [-0.4, -0.2) is 78.9 Å². The first kappa shape index (κ1) is 32.7. The molecule has 9 heteroatoms. The van der Waals surface area contributed by atoms with Gasteiger partial charge in [0, 0.05) is 16.0 Å². The number of hydrogen-bond acceptors (Lipinski definition) is 4. The third-order valence-corrected chi connectivity index (χ3v) is 15.3. The van der Waals surface area contributed by atoms with Gasteiger partial charge in [0.1, 0.15) is 0 Å². The SMILES string of the molecule is Cc1cccc(C(=O)NC2C=C(C(=O)C3CC3CCc3ccc(Cl)cc3Cl)C=CC2N2CCN(C(=O)[C@H](C)CI3CC3)CC2)c1. The summed E-state index contributed by atoms with van der Waals surface area (Å²) in [4.78, 5) is 44.6. The minimum atomic E-state index is -0.738. The Balaban J connectivity index is 1.11. The fraction of sp³-hybridized carbons (Fsp3) is 0.472. The smallest absolute Gasteiger partial charge is 0.0465 e. The molecule has 0 radical (unpaired) electrons. The van der Waals surface area contributed by atoms with Crippen molar-refractivity contribution in [3.8, 4) is 0 Å². The standard InChI is InChI=1S/C36H42Cl2IN3O3/c1-23-4-3-5-28(18-23)35(44)40-32-20-27(34(43)30-19-26(30)7-6-25-8-10-29(37)21-31(25)38)9-11-33(32)41-14-16-42(17-15-41)36(45)24(2)22-39-12-13-39/h3-5,8-11,18,20-21,24,26,30,32-33H,6-7,12-17,19,22H2,1-2H3,(H,40,44)/t24-,26?,30?,32?,33?/m1/s1. The second-order valence-corrected chi connectivity index (χ2v) is 20.1. The first-order valence-corrected chi connectivity index (χ1v) is 21.4. The molecule has 1 N–H and O–H groups in total. The van der Waals surface area contributed by atoms with Crippen molar-refractivity contribution in [1.82, 2.24) is 15.1 Å². The van der Waals surface area contributed by atoms with Gasteiger partial charge in [-0.1, -0.05) is 47.0 Å². The molecular formula is C36H42Cl2IN3O3. The van der Waals surface area contributed by atoms with E-state index in [-0.39, 0.29) is 35.6 Å². The van der Waals surface area contributed by atoms with Crippen LogP contribution in [0.1, 0.15) is 41.3 Å². The van der Waals surface area contributed by atoms with Crippen LogP contribution in [0.4, 0.5) is 0 Å². The Bertz CT molecular complexity index is 1510. The van der Waals surface area contributed by atoms with Crippen molar-refractivity contribution in [2.75, 3.05) is 39.5 Å². The molecule has 2 amide bonds. The predicted octanol–water partition coefficient (Wildman–Crippen LogP) is 6.40. The van der Waals surface area contributed by atoms with Gasteiger partial charge in [-0.15, -0.1) is 0 Å². The molecular weight excluding hydrogens is 720 g/mol. The normalized spacial score (nSPS) is 25.8. The molecule has 5 atom stereocenters. The third-order valence-electron chi connectivity index (χ3n) is 9.50. The Morgan fingerprint density at radius 1 is 1.04 bits per heavy atom. The summed E-state index contributed by atoms with van der Waals surface area (Å²) in [6.07, 6.45) is 8.58. The Kier molecular flexibility index (Phi) is 10.4. The molecule has 2 saturated heterocycles. The molecule has 240 valence electrons. The van der Waals surface area contributed by atoms with Gasteiger partial charge in [-0.05, 0) is 61.9 Å². The number of carbonyl (C=O) groups excluding carboxylic acids is 3. The maximum atomic E-state index is 13.7. The molecule has 1 saturated carbocycles. The van der Waals surface area contributed by atoms with Crippen molar-refractivity contribution in [3.05, 3.63) is 93.0 Å². The van der Waals surface area contributed by atoms with E-state index in [2.05, 4.69) is 23.2 Å². The van der Waals surface area contributed by atoms with Crippen LogP contribution in [-0.2, 0) is 16.0 Å². The van der Waals surface area contributed by atoms with E-state index in [0.29, 0.717) is 46.1 Å². The topological polar surface area (TPSA) is 69.7 Å². The van der Waals surface area contributed by atoms with Gasteiger partial charge < -0.3 is 0 Å². The van der Waals surface area contributed by atoms with Gasteiger partial charge in [-0.2, -0.15) is 0 Å². The molecule has 0 spiro atoms. The quantitative estimate of drug-likeness (QED) is 0.213. The summed E-state index contributed by atoms with van der Waals surface area (Å²) < 4.78 is 3.98. The fourth-order valence-corrected chi connectivity index (χ4v) is 12.5. The summed E-state index contributed by atoms with van der Waals surface area (Å²) in [6, 6.07) is 12.7. The largest absolute Gasteiger partial charge is 0.0465 e. The van der Waals surface area contributed by atoms with Gasteiger partial charge in [0.2, 0.25) is 0 Å². The van der Waals surface area contributed by atoms with E-state index in [4.69, 9.17) is 23.2 Å². The van der Waals surface area contributed by atoms with Crippen molar-refractivity contribution >= 4 is 60.6 Å². The van der Waals surface area contributed by atoms with Crippen LogP contribution < -0.4 is 5.32 Å². The summed E-state index contributed by atoms with van der Waals surface area (Å²) in [6.45, 7) is 6.94. The number of piperazine rings is 1. The van der Waals surface area contributed by atoms with Gasteiger partial charge in [0.25, 0.3) is 0 Å². The number of alkyl halides is 3. The Morgan fingerprint density at radius 2 is 1.82 bits per heavy atom. The van der Waals surface area contributed by atoms with Crippen LogP contribution in [0.15, 0.2) is 66.3 Å². The van der Waals surface area contributed by atoms with Crippen LogP contribution in [0.5, 0.6) is 0 Å². The van der Waals surface area contributed by atoms with E-state index in [0.717, 1.165) is 47.9 Å². The molecule has 2 aromatic carbocycles. The zero-order chi connectivity index (χ0) is 31.7. The molecule has 6 nitrogen and oxygen atoms in total. The number of Topliss-reactive ketones (excluding diaryl/α,β-unsaturated/α-hetero) is 1. The molecule has 2 aliphatic heterocycles. The zero-order valence-electron chi connectivity index (χ0n) is 26.0. The van der Waals surface area contributed by atoms with E-state index in [1.807, 2.05) is 60.4 Å². The van der Waals surface area contributed by atoms with Crippen LogP contribution in [0.2, 0.25) is 10.0 Å². The molecule has 2 aromatic rings. The zero-order valence-corrected chi connectivity index (χ0v) is 29.7. The summed E-state index contributed by atoms with van der Waals surface area (Å²) in [5, 5.41) is 4.53. The van der Waals surface area contributed by atoms with Gasteiger partial charge >= 0.3 is 156 Å². The molecule has 4 unspecified atom stereocenters. The number of nitrogens with zero attached hydrogens (tertiary/aromatic N) is 2. The van der Waals surface area contributed by atoms with E-state index < -0.39 is 19.8 Å². The van der Waals surface area contributed by atoms with Gasteiger partial charge in [-0.3, -0.25) is 4.79 Å². The van der Waals surface area contributed by atoms with E-state index in [9.17, 15) is 14.4 Å². The maximum absolute atomic E-state index is 13.7. The molecule has 2 aliphatic carbocycles. The summed E-state index contributed by atoms with van der Waals surface area (Å²) in [7, 11) is 0. The van der Waals surface area contributed by atoms with E-state index in [1.165, 1.54) is 8.86 Å². The minimum Gasteiger partial charge on any atom is -0.0465 e. The molecule has 2 heterocycles. The second-order valence-electron chi connectivity index (χ2n) is 12.9. The number of aryl methyl sites for hydroxylation is 2. The van der Waals surface area contributed by atoms with Crippen molar-refractivity contribution in [2.24, 2.45) is 17.8 Å². The van der Waals surface area contributed by atoms with Crippen molar-refractivity contribution < 1.29 is 14.4 Å². The Hall–Kier alpha value is -2.20. The van der Waals surface area contributed by atoms with E-state index >= 15 is 0 Å². The van der Waals surface area contributed by atoms with Crippen LogP contribution in [0.3, 0.4) is 0 Å². The summed E-state index contributed by atoms with van der Waals surface area (Å²) in [5.74, 6) is 0.762. The predicted molar refractivity (Wildman–Crippen MR) is 191 cm³/mol. The fourth-order valence-electron chi connectivity index (χ4n) is 6.65. The second kappa shape index (κ2) is 14.3. The van der Waals surface area contributed by atoms with Gasteiger partial charge in [-0.25, -0.2) is 0 Å². The Morgan fingerprint density at radius 3 is 2.53 bits per heavy atom.